The summed E-state index contributed by atoms with van der Waals surface area (Å²) in [6.45, 7) is 7.09. The van der Waals surface area contributed by atoms with Gasteiger partial charge in [-0.3, -0.25) is 4.79 Å². The van der Waals surface area contributed by atoms with Crippen molar-refractivity contribution in [3.8, 4) is 0 Å². The van der Waals surface area contributed by atoms with Crippen LogP contribution in [0.1, 0.15) is 65.7 Å². The van der Waals surface area contributed by atoms with E-state index in [4.69, 9.17) is 0 Å². The Hall–Kier alpha value is -0.370. The van der Waals surface area contributed by atoms with E-state index < -0.39 is 5.60 Å². The second-order valence-corrected chi connectivity index (χ2v) is 11.2. The van der Waals surface area contributed by atoms with Crippen LogP contribution in [0, 0.1) is 58.2 Å². The molecule has 6 aliphatic rings. The van der Waals surface area contributed by atoms with Gasteiger partial charge in [-0.25, -0.2) is 0 Å². The lowest BCUT2D eigenvalue weighted by atomic mass is 9.42. The number of ketones is 1. The Bertz CT molecular complexity index is 642. The van der Waals surface area contributed by atoms with Gasteiger partial charge in [0.2, 0.25) is 0 Å². The average molecular weight is 328 g/mol. The number of hydrogen-bond acceptors (Lipinski definition) is 2. The smallest absolute Gasteiger partial charge is 0.142 e. The summed E-state index contributed by atoms with van der Waals surface area (Å²) >= 11 is 0. The molecule has 0 saturated heterocycles. The highest BCUT2D eigenvalue weighted by Crippen LogP contribution is 2.79. The fraction of sp³-hybridized carbons (Fsp3) is 0.955. The number of fused-ring (bicyclic) bond motifs is 10. The van der Waals surface area contributed by atoms with Gasteiger partial charge in [-0.15, -0.1) is 0 Å². The van der Waals surface area contributed by atoms with Gasteiger partial charge in [-0.2, -0.15) is 0 Å². The molecule has 0 heterocycles. The predicted octanol–water partition coefficient (Wildman–Crippen LogP) is 4.06. The standard InChI is InChI=1S/C22H32O2/c1-11-4-7-21(3)15-5-6-20(2)18(12-8-13(12)19(20)23)17(15)14-9-16(14)22(21,24)10-11/h11-18,24H,4-10H2,1-3H3/t11-,12+,13-,14-,15?,16+,17+,18?,20-,21+,22+/m0/s1. The van der Waals surface area contributed by atoms with E-state index in [1.165, 1.54) is 32.1 Å². The van der Waals surface area contributed by atoms with Crippen LogP contribution in [0.4, 0.5) is 0 Å². The quantitative estimate of drug-likeness (QED) is 0.728. The molecule has 2 unspecified atom stereocenters. The molecular weight excluding hydrogens is 296 g/mol. The normalized spacial score (nSPS) is 69.1. The van der Waals surface area contributed by atoms with Crippen LogP contribution in [0.2, 0.25) is 0 Å². The molecule has 6 rings (SSSR count). The first-order chi connectivity index (χ1) is 11.3. The first-order valence-corrected chi connectivity index (χ1v) is 10.6. The lowest BCUT2D eigenvalue weighted by Crippen LogP contribution is -2.63. The highest BCUT2D eigenvalue weighted by molar-refractivity contribution is 5.92. The van der Waals surface area contributed by atoms with Crippen molar-refractivity contribution in [2.75, 3.05) is 0 Å². The summed E-state index contributed by atoms with van der Waals surface area (Å²) in [5.41, 5.74) is -0.301. The number of hydrogen-bond donors (Lipinski definition) is 1. The largest absolute Gasteiger partial charge is 0.389 e. The third kappa shape index (κ3) is 1.38. The Morgan fingerprint density at radius 3 is 2.62 bits per heavy atom. The van der Waals surface area contributed by atoms with Crippen molar-refractivity contribution in [2.24, 2.45) is 58.2 Å². The van der Waals surface area contributed by atoms with E-state index in [1.54, 1.807) is 0 Å². The van der Waals surface area contributed by atoms with Gasteiger partial charge >= 0.3 is 0 Å². The number of carbonyl (C=O) groups excluding carboxylic acids is 1. The number of rotatable bonds is 0. The van der Waals surface area contributed by atoms with Crippen LogP contribution in [-0.2, 0) is 4.79 Å². The van der Waals surface area contributed by atoms with Crippen molar-refractivity contribution in [1.29, 1.82) is 0 Å². The molecule has 24 heavy (non-hydrogen) atoms. The molecule has 132 valence electrons. The van der Waals surface area contributed by atoms with E-state index in [-0.39, 0.29) is 10.8 Å². The minimum absolute atomic E-state index is 0.00430. The van der Waals surface area contributed by atoms with Gasteiger partial charge in [0.15, 0.2) is 0 Å². The molecule has 6 aliphatic carbocycles. The Labute approximate surface area is 145 Å². The predicted molar refractivity (Wildman–Crippen MR) is 92.1 cm³/mol. The molecule has 0 amide bonds. The first-order valence-electron chi connectivity index (χ1n) is 10.6. The molecule has 2 heteroatoms. The summed E-state index contributed by atoms with van der Waals surface area (Å²) in [4.78, 5) is 12.9. The summed E-state index contributed by atoms with van der Waals surface area (Å²) in [6, 6.07) is 0. The van der Waals surface area contributed by atoms with Crippen molar-refractivity contribution < 1.29 is 9.90 Å². The van der Waals surface area contributed by atoms with E-state index in [0.717, 1.165) is 24.7 Å². The lowest BCUT2D eigenvalue weighted by Gasteiger charge is -2.63. The fourth-order valence-corrected chi connectivity index (χ4v) is 9.08. The molecule has 0 bridgehead atoms. The van der Waals surface area contributed by atoms with Gasteiger partial charge in [0.25, 0.3) is 0 Å². The second kappa shape index (κ2) is 3.97. The van der Waals surface area contributed by atoms with E-state index in [0.29, 0.717) is 41.3 Å². The Kier molecular flexibility index (Phi) is 2.44. The molecule has 0 spiro atoms. The van der Waals surface area contributed by atoms with Gasteiger partial charge < -0.3 is 5.11 Å². The summed E-state index contributed by atoms with van der Waals surface area (Å²) in [5.74, 6) is 5.79. The second-order valence-electron chi connectivity index (χ2n) is 11.2. The zero-order chi connectivity index (χ0) is 16.6. The third-order valence-corrected chi connectivity index (χ3v) is 10.4. The van der Waals surface area contributed by atoms with Crippen molar-refractivity contribution >= 4 is 5.78 Å². The summed E-state index contributed by atoms with van der Waals surface area (Å²) in [7, 11) is 0. The van der Waals surface area contributed by atoms with Crippen molar-refractivity contribution in [3.63, 3.8) is 0 Å². The molecule has 0 aromatic rings. The molecule has 0 aromatic carbocycles. The monoisotopic (exact) mass is 328 g/mol. The number of carbonyl (C=O) groups is 1. The topological polar surface area (TPSA) is 37.3 Å². The van der Waals surface area contributed by atoms with Crippen LogP contribution in [0.5, 0.6) is 0 Å². The summed E-state index contributed by atoms with van der Waals surface area (Å²) in [6.07, 6.45) is 8.26. The summed E-state index contributed by atoms with van der Waals surface area (Å²) < 4.78 is 0. The minimum Gasteiger partial charge on any atom is -0.389 e. The highest BCUT2D eigenvalue weighted by atomic mass is 16.3. The number of aliphatic hydroxyl groups is 1. The molecule has 6 fully saturated rings. The van der Waals surface area contributed by atoms with Gasteiger partial charge in [0.1, 0.15) is 5.78 Å². The van der Waals surface area contributed by atoms with Crippen LogP contribution in [0.3, 0.4) is 0 Å². The van der Waals surface area contributed by atoms with Gasteiger partial charge in [-0.1, -0.05) is 20.8 Å². The molecule has 1 N–H and O–H groups in total. The average Bonchev–Trinajstić information content (AvgIpc) is 3.41. The zero-order valence-electron chi connectivity index (χ0n) is 15.4. The van der Waals surface area contributed by atoms with Gasteiger partial charge in [0, 0.05) is 11.3 Å². The Morgan fingerprint density at radius 1 is 1.04 bits per heavy atom. The molecule has 2 nitrogen and oxygen atoms in total. The van der Waals surface area contributed by atoms with E-state index in [1.807, 2.05) is 0 Å². The third-order valence-electron chi connectivity index (χ3n) is 10.4. The van der Waals surface area contributed by atoms with E-state index >= 15 is 0 Å². The van der Waals surface area contributed by atoms with Crippen LogP contribution in [0.25, 0.3) is 0 Å². The Morgan fingerprint density at radius 2 is 1.83 bits per heavy atom. The highest BCUT2D eigenvalue weighted by Gasteiger charge is 2.78. The molecule has 6 saturated carbocycles. The molecule has 0 radical (unpaired) electrons. The SMILES string of the molecule is C[C@H]1CC[C@]2(C)C3CC[C@]4(C)C(=O)[C@H]5C[C@H]5C4[C@@H]3[C@H]3C[C@H]3[C@]2(O)C1. The van der Waals surface area contributed by atoms with Crippen LogP contribution in [-0.4, -0.2) is 16.5 Å². The molecule has 0 aromatic heterocycles. The maximum absolute atomic E-state index is 12.9. The molecule has 11 atom stereocenters. The molecule has 0 aliphatic heterocycles. The fourth-order valence-electron chi connectivity index (χ4n) is 9.08. The van der Waals surface area contributed by atoms with Crippen molar-refractivity contribution in [2.45, 2.75) is 71.3 Å². The van der Waals surface area contributed by atoms with Crippen LogP contribution >= 0.6 is 0 Å². The van der Waals surface area contributed by atoms with Crippen molar-refractivity contribution in [3.05, 3.63) is 0 Å². The van der Waals surface area contributed by atoms with E-state index in [9.17, 15) is 9.90 Å². The summed E-state index contributed by atoms with van der Waals surface area (Å²) in [5, 5.41) is 11.8. The van der Waals surface area contributed by atoms with Gasteiger partial charge in [-0.05, 0) is 91.8 Å². The van der Waals surface area contributed by atoms with Crippen LogP contribution < -0.4 is 0 Å². The lowest BCUT2D eigenvalue weighted by molar-refractivity contribution is -0.218. The first kappa shape index (κ1) is 14.8. The van der Waals surface area contributed by atoms with Crippen LogP contribution in [0.15, 0.2) is 0 Å². The Balaban J connectivity index is 1.45. The zero-order valence-corrected chi connectivity index (χ0v) is 15.4. The number of Topliss-reactive ketones (excluding diaryl/α,β-unsaturated/α-hetero) is 1. The van der Waals surface area contributed by atoms with E-state index in [2.05, 4.69) is 20.8 Å². The maximum atomic E-state index is 12.9. The molecular formula is C22H32O2. The maximum Gasteiger partial charge on any atom is 0.142 e. The van der Waals surface area contributed by atoms with Crippen molar-refractivity contribution in [1.82, 2.24) is 0 Å². The van der Waals surface area contributed by atoms with Gasteiger partial charge in [0.05, 0.1) is 5.60 Å². The minimum atomic E-state index is -0.407.